The van der Waals surface area contributed by atoms with Gasteiger partial charge in [0.05, 0.1) is 6.04 Å². The molecule has 4 aliphatic rings. The van der Waals surface area contributed by atoms with Crippen LogP contribution in [-0.2, 0) is 4.79 Å². The van der Waals surface area contributed by atoms with Gasteiger partial charge in [0.2, 0.25) is 0 Å². The molecule has 5 rings (SSSR count). The molecule has 1 aromatic rings. The normalized spacial score (nSPS) is 36.8. The van der Waals surface area contributed by atoms with Gasteiger partial charge in [-0.2, -0.15) is 0 Å². The summed E-state index contributed by atoms with van der Waals surface area (Å²) in [7, 11) is 0. The zero-order valence-corrected chi connectivity index (χ0v) is 14.1. The van der Waals surface area contributed by atoms with E-state index in [9.17, 15) is 9.90 Å². The van der Waals surface area contributed by atoms with E-state index in [0.717, 1.165) is 38.0 Å². The summed E-state index contributed by atoms with van der Waals surface area (Å²) in [6, 6.07) is 9.19. The Balaban J connectivity index is 1.76. The summed E-state index contributed by atoms with van der Waals surface area (Å²) in [4.78, 5) is 16.9. The number of rotatable bonds is 2. The van der Waals surface area contributed by atoms with Gasteiger partial charge in [0.15, 0.2) is 0 Å². The molecular weight excluding hydrogens is 300 g/mol. The zero-order valence-electron chi connectivity index (χ0n) is 14.1. The highest BCUT2D eigenvalue weighted by Gasteiger charge is 2.59. The van der Waals surface area contributed by atoms with Crippen molar-refractivity contribution in [2.45, 2.75) is 50.6 Å². The van der Waals surface area contributed by atoms with Gasteiger partial charge in [-0.1, -0.05) is 25.1 Å². The Morgan fingerprint density at radius 2 is 2.17 bits per heavy atom. The van der Waals surface area contributed by atoms with E-state index in [2.05, 4.69) is 41.0 Å². The molecule has 4 aliphatic heterocycles. The molecule has 126 valence electrons. The second-order valence-corrected chi connectivity index (χ2v) is 7.82. The van der Waals surface area contributed by atoms with Gasteiger partial charge in [-0.15, -0.1) is 0 Å². The van der Waals surface area contributed by atoms with Gasteiger partial charge in [-0.05, 0) is 56.5 Å². The maximum absolute atomic E-state index is 12.1. The molecule has 4 heteroatoms. The largest absolute Gasteiger partial charge is 0.477 e. The Labute approximate surface area is 142 Å². The van der Waals surface area contributed by atoms with Crippen LogP contribution in [0.5, 0.6) is 0 Å². The third kappa shape index (κ3) is 1.65. The fourth-order valence-corrected chi connectivity index (χ4v) is 6.05. The van der Waals surface area contributed by atoms with Crippen LogP contribution < -0.4 is 4.90 Å². The molecule has 0 bridgehead atoms. The van der Waals surface area contributed by atoms with Crippen LogP contribution in [-0.4, -0.2) is 41.1 Å². The van der Waals surface area contributed by atoms with E-state index in [1.807, 2.05) is 6.07 Å². The van der Waals surface area contributed by atoms with Crippen LogP contribution in [0.1, 0.15) is 44.1 Å². The fraction of sp³-hybridized carbons (Fsp3) is 0.550. The highest BCUT2D eigenvalue weighted by Crippen LogP contribution is 2.58. The number of anilines is 1. The first-order chi connectivity index (χ1) is 11.7. The van der Waals surface area contributed by atoms with Crippen LogP contribution in [0.3, 0.4) is 0 Å². The molecule has 2 saturated heterocycles. The van der Waals surface area contributed by atoms with E-state index < -0.39 is 5.97 Å². The number of carbonyl (C=O) groups is 1. The molecule has 0 saturated carbocycles. The number of benzene rings is 1. The number of aliphatic carboxylic acids is 1. The molecule has 2 unspecified atom stereocenters. The first-order valence-electron chi connectivity index (χ1n) is 9.24. The topological polar surface area (TPSA) is 43.8 Å². The summed E-state index contributed by atoms with van der Waals surface area (Å²) in [6.07, 6.45) is 6.58. The Hall–Kier alpha value is -1.81. The number of carboxylic acid groups (broad SMARTS) is 1. The van der Waals surface area contributed by atoms with Crippen LogP contribution in [0.15, 0.2) is 36.0 Å². The first kappa shape index (κ1) is 14.5. The summed E-state index contributed by atoms with van der Waals surface area (Å²) < 4.78 is 0. The van der Waals surface area contributed by atoms with Crippen molar-refractivity contribution in [1.82, 2.24) is 4.90 Å². The lowest BCUT2D eigenvalue weighted by atomic mass is 9.62. The Morgan fingerprint density at radius 1 is 1.33 bits per heavy atom. The highest BCUT2D eigenvalue weighted by molar-refractivity contribution is 5.93. The molecule has 4 atom stereocenters. The predicted octanol–water partition coefficient (Wildman–Crippen LogP) is 3.21. The average molecular weight is 324 g/mol. The third-order valence-corrected chi connectivity index (χ3v) is 6.99. The molecule has 24 heavy (non-hydrogen) atoms. The molecule has 4 nitrogen and oxygen atoms in total. The molecule has 0 aromatic heterocycles. The molecule has 2 fully saturated rings. The lowest BCUT2D eigenvalue weighted by Crippen LogP contribution is -2.67. The van der Waals surface area contributed by atoms with Crippen molar-refractivity contribution in [3.05, 3.63) is 41.6 Å². The SMILES string of the molecule is CC[C@]12C=C(C(=O)O)N3c4ccccc4C4CCN(CCC1)C2[C@H]43. The van der Waals surface area contributed by atoms with Gasteiger partial charge in [0, 0.05) is 23.1 Å². The minimum absolute atomic E-state index is 0.0217. The molecule has 0 aliphatic carbocycles. The van der Waals surface area contributed by atoms with Gasteiger partial charge in [-0.3, -0.25) is 4.90 Å². The van der Waals surface area contributed by atoms with E-state index in [4.69, 9.17) is 0 Å². The van der Waals surface area contributed by atoms with Crippen molar-refractivity contribution in [1.29, 1.82) is 0 Å². The smallest absolute Gasteiger partial charge is 0.352 e. The molecule has 0 amide bonds. The number of piperidine rings is 2. The molecule has 4 heterocycles. The van der Waals surface area contributed by atoms with Gasteiger partial charge < -0.3 is 10.0 Å². The molecule has 0 spiro atoms. The van der Waals surface area contributed by atoms with Crippen molar-refractivity contribution in [3.63, 3.8) is 0 Å². The monoisotopic (exact) mass is 324 g/mol. The van der Waals surface area contributed by atoms with Gasteiger partial charge in [0.25, 0.3) is 0 Å². The van der Waals surface area contributed by atoms with Gasteiger partial charge >= 0.3 is 5.97 Å². The average Bonchev–Trinajstić information content (AvgIpc) is 2.95. The van der Waals surface area contributed by atoms with E-state index in [0.29, 0.717) is 17.7 Å². The Morgan fingerprint density at radius 3 is 2.96 bits per heavy atom. The number of para-hydroxylation sites is 1. The maximum atomic E-state index is 12.1. The minimum Gasteiger partial charge on any atom is -0.477 e. The third-order valence-electron chi connectivity index (χ3n) is 6.99. The van der Waals surface area contributed by atoms with E-state index in [1.54, 1.807) is 0 Å². The van der Waals surface area contributed by atoms with Crippen LogP contribution in [0.2, 0.25) is 0 Å². The molecule has 1 aromatic carbocycles. The summed E-state index contributed by atoms with van der Waals surface area (Å²) in [5.41, 5.74) is 3.01. The highest BCUT2D eigenvalue weighted by atomic mass is 16.4. The summed E-state index contributed by atoms with van der Waals surface area (Å²) in [5.74, 6) is -0.311. The Bertz CT molecular complexity index is 743. The van der Waals surface area contributed by atoms with Crippen molar-refractivity contribution >= 4 is 11.7 Å². The lowest BCUT2D eigenvalue weighted by Gasteiger charge is -2.59. The van der Waals surface area contributed by atoms with E-state index in [-0.39, 0.29) is 11.5 Å². The maximum Gasteiger partial charge on any atom is 0.352 e. The standard InChI is InChI=1S/C20H24N2O2/c1-2-20-9-5-10-21-11-8-14-13-6-3-4-7-15(13)22(17(14)18(20)21)16(12-20)19(23)24/h3-4,6-7,12,14,17-18H,2,5,8-11H2,1H3,(H,23,24)/t14?,17-,18?,20+/m0/s1. The lowest BCUT2D eigenvalue weighted by molar-refractivity contribution is -0.133. The van der Waals surface area contributed by atoms with Crippen LogP contribution >= 0.6 is 0 Å². The first-order valence-corrected chi connectivity index (χ1v) is 9.24. The number of nitrogens with zero attached hydrogens (tertiary/aromatic N) is 2. The number of hydrogen-bond donors (Lipinski definition) is 1. The molecular formula is C20H24N2O2. The summed E-state index contributed by atoms with van der Waals surface area (Å²) >= 11 is 0. The zero-order chi connectivity index (χ0) is 16.5. The molecule has 0 radical (unpaired) electrons. The van der Waals surface area contributed by atoms with Crippen LogP contribution in [0, 0.1) is 5.41 Å². The van der Waals surface area contributed by atoms with Gasteiger partial charge in [-0.25, -0.2) is 4.79 Å². The Kier molecular flexibility index (Phi) is 2.94. The quantitative estimate of drug-likeness (QED) is 0.907. The minimum atomic E-state index is -0.778. The molecule has 1 N–H and O–H groups in total. The van der Waals surface area contributed by atoms with Crippen molar-refractivity contribution in [2.75, 3.05) is 18.0 Å². The van der Waals surface area contributed by atoms with E-state index in [1.165, 1.54) is 12.0 Å². The fourth-order valence-electron chi connectivity index (χ4n) is 6.05. The number of fused-ring (bicyclic) bond motifs is 3. The van der Waals surface area contributed by atoms with Crippen molar-refractivity contribution < 1.29 is 9.90 Å². The number of carboxylic acids is 1. The van der Waals surface area contributed by atoms with Crippen LogP contribution in [0.4, 0.5) is 5.69 Å². The van der Waals surface area contributed by atoms with Crippen LogP contribution in [0.25, 0.3) is 0 Å². The van der Waals surface area contributed by atoms with Crippen molar-refractivity contribution in [3.8, 4) is 0 Å². The van der Waals surface area contributed by atoms with Crippen molar-refractivity contribution in [2.24, 2.45) is 5.41 Å². The second-order valence-electron chi connectivity index (χ2n) is 7.82. The van der Waals surface area contributed by atoms with E-state index >= 15 is 0 Å². The summed E-state index contributed by atoms with van der Waals surface area (Å²) in [5, 5.41) is 9.96. The second kappa shape index (κ2) is 4.85. The summed E-state index contributed by atoms with van der Waals surface area (Å²) in [6.45, 7) is 4.54. The number of hydrogen-bond acceptors (Lipinski definition) is 3. The van der Waals surface area contributed by atoms with Gasteiger partial charge in [0.1, 0.15) is 5.70 Å². The predicted molar refractivity (Wildman–Crippen MR) is 93.1 cm³/mol.